The summed E-state index contributed by atoms with van der Waals surface area (Å²) in [6.45, 7) is 1.15. The first kappa shape index (κ1) is 16.4. The molecule has 3 aromatic rings. The van der Waals surface area contributed by atoms with E-state index in [9.17, 15) is 19.7 Å². The van der Waals surface area contributed by atoms with Crippen molar-refractivity contribution in [1.29, 1.82) is 0 Å². The Labute approximate surface area is 142 Å². The first-order valence-electron chi connectivity index (χ1n) is 7.60. The first-order valence-corrected chi connectivity index (χ1v) is 7.60. The topological polar surface area (TPSA) is 94.2 Å². The Morgan fingerprint density at radius 1 is 1.12 bits per heavy atom. The minimum absolute atomic E-state index is 0.144. The first-order chi connectivity index (χ1) is 12.0. The monoisotopic (exact) mass is 337 g/mol. The minimum Gasteiger partial charge on any atom is -0.324 e. The Morgan fingerprint density at radius 2 is 1.84 bits per heavy atom. The van der Waals surface area contributed by atoms with E-state index in [0.29, 0.717) is 5.69 Å². The van der Waals surface area contributed by atoms with Crippen molar-refractivity contribution in [3.63, 3.8) is 0 Å². The van der Waals surface area contributed by atoms with Crippen molar-refractivity contribution in [1.82, 2.24) is 4.57 Å². The molecule has 126 valence electrons. The molecule has 0 fully saturated rings. The average Bonchev–Trinajstić information content (AvgIpc) is 2.58. The zero-order valence-electron chi connectivity index (χ0n) is 13.4. The van der Waals surface area contributed by atoms with Crippen molar-refractivity contribution in [3.05, 3.63) is 80.8 Å². The highest BCUT2D eigenvalue weighted by Gasteiger charge is 2.17. The lowest BCUT2D eigenvalue weighted by Crippen LogP contribution is -2.29. The summed E-state index contributed by atoms with van der Waals surface area (Å²) in [6.07, 6.45) is 0. The van der Waals surface area contributed by atoms with Gasteiger partial charge in [0, 0.05) is 23.2 Å². The molecule has 7 heteroatoms. The molecule has 0 radical (unpaired) electrons. The molecule has 0 saturated heterocycles. The normalized spacial score (nSPS) is 10.6. The second-order valence-electron chi connectivity index (χ2n) is 5.56. The van der Waals surface area contributed by atoms with Gasteiger partial charge in [0.15, 0.2) is 0 Å². The number of pyridine rings is 1. The molecule has 0 aliphatic heterocycles. The van der Waals surface area contributed by atoms with Crippen LogP contribution in [0.4, 0.5) is 11.4 Å². The molecule has 0 atom stereocenters. The molecule has 0 aliphatic carbocycles. The Hall–Kier alpha value is -3.48. The quantitative estimate of drug-likeness (QED) is 0.585. The van der Waals surface area contributed by atoms with Crippen LogP contribution in [0.25, 0.3) is 10.8 Å². The molecular weight excluding hydrogens is 322 g/mol. The largest absolute Gasteiger partial charge is 0.324 e. The molecule has 1 N–H and O–H groups in total. The van der Waals surface area contributed by atoms with E-state index in [1.807, 2.05) is 36.4 Å². The summed E-state index contributed by atoms with van der Waals surface area (Å²) in [5, 5.41) is 15.6. The number of anilines is 1. The van der Waals surface area contributed by atoms with Gasteiger partial charge in [-0.15, -0.1) is 0 Å². The molecule has 3 rings (SSSR count). The molecule has 1 amide bonds. The third-order valence-electron chi connectivity index (χ3n) is 3.99. The Kier molecular flexibility index (Phi) is 4.30. The summed E-state index contributed by atoms with van der Waals surface area (Å²) in [5.74, 6) is -0.429. The van der Waals surface area contributed by atoms with Crippen molar-refractivity contribution in [2.24, 2.45) is 0 Å². The van der Waals surface area contributed by atoms with Crippen LogP contribution in [0.1, 0.15) is 5.69 Å². The van der Waals surface area contributed by atoms with Gasteiger partial charge in [0.1, 0.15) is 6.54 Å². The second-order valence-corrected chi connectivity index (χ2v) is 5.56. The Balaban J connectivity index is 1.90. The van der Waals surface area contributed by atoms with E-state index in [2.05, 4.69) is 5.32 Å². The zero-order chi connectivity index (χ0) is 18.0. The predicted octanol–water partition coefficient (Wildman–Crippen LogP) is 2.86. The van der Waals surface area contributed by atoms with Crippen LogP contribution in [0.15, 0.2) is 59.4 Å². The van der Waals surface area contributed by atoms with E-state index in [1.165, 1.54) is 6.92 Å². The van der Waals surface area contributed by atoms with Crippen LogP contribution in [-0.4, -0.2) is 15.4 Å². The van der Waals surface area contributed by atoms with Crippen LogP contribution in [0.3, 0.4) is 0 Å². The number of nitrogens with one attached hydrogen (secondary N) is 1. The fourth-order valence-electron chi connectivity index (χ4n) is 2.72. The van der Waals surface area contributed by atoms with E-state index >= 15 is 0 Å². The maximum absolute atomic E-state index is 12.4. The molecule has 0 bridgehead atoms. The summed E-state index contributed by atoms with van der Waals surface area (Å²) in [7, 11) is 0. The highest BCUT2D eigenvalue weighted by Crippen LogP contribution is 2.23. The molecule has 0 saturated carbocycles. The van der Waals surface area contributed by atoms with Crippen LogP contribution < -0.4 is 10.9 Å². The average molecular weight is 337 g/mol. The molecule has 1 aromatic heterocycles. The predicted molar refractivity (Wildman–Crippen MR) is 94.7 cm³/mol. The lowest BCUT2D eigenvalue weighted by Gasteiger charge is -2.12. The molecule has 0 aliphatic rings. The van der Waals surface area contributed by atoms with Gasteiger partial charge in [-0.2, -0.15) is 0 Å². The molecule has 0 unspecified atom stereocenters. The molecule has 2 aromatic carbocycles. The number of hydrogen-bond donors (Lipinski definition) is 1. The number of carbonyl (C=O) groups excluding carboxylic acids is 1. The zero-order valence-corrected chi connectivity index (χ0v) is 13.4. The van der Waals surface area contributed by atoms with Crippen LogP contribution in [-0.2, 0) is 11.3 Å². The third-order valence-corrected chi connectivity index (χ3v) is 3.99. The molecule has 0 spiro atoms. The molecule has 7 nitrogen and oxygen atoms in total. The van der Waals surface area contributed by atoms with Gasteiger partial charge in [-0.05, 0) is 18.4 Å². The maximum Gasteiger partial charge on any atom is 0.288 e. The summed E-state index contributed by atoms with van der Waals surface area (Å²) < 4.78 is 1.10. The van der Waals surface area contributed by atoms with Crippen molar-refractivity contribution in [3.8, 4) is 0 Å². The highest BCUT2D eigenvalue weighted by molar-refractivity contribution is 6.02. The highest BCUT2D eigenvalue weighted by atomic mass is 16.6. The number of nitro groups is 1. The van der Waals surface area contributed by atoms with Crippen LogP contribution in [0, 0.1) is 17.0 Å². The summed E-state index contributed by atoms with van der Waals surface area (Å²) in [5.41, 5.74) is 0.110. The van der Waals surface area contributed by atoms with E-state index in [-0.39, 0.29) is 17.9 Å². The number of aromatic nitrogens is 1. The molecule has 1 heterocycles. The standard InChI is InChI=1S/C18H15N3O4/c1-12-16(21(24)25)9-10-18(23)20(12)11-17(22)19-15-8-4-6-13-5-2-3-7-14(13)15/h2-10H,11H2,1H3,(H,19,22). The van der Waals surface area contributed by atoms with Gasteiger partial charge in [0.2, 0.25) is 5.91 Å². The van der Waals surface area contributed by atoms with Gasteiger partial charge in [0.25, 0.3) is 11.2 Å². The van der Waals surface area contributed by atoms with E-state index in [4.69, 9.17) is 0 Å². The number of benzene rings is 2. The number of nitrogens with zero attached hydrogens (tertiary/aromatic N) is 2. The van der Waals surface area contributed by atoms with Gasteiger partial charge in [-0.25, -0.2) is 0 Å². The number of amides is 1. The fraction of sp³-hybridized carbons (Fsp3) is 0.111. The van der Waals surface area contributed by atoms with Crippen molar-refractivity contribution in [2.45, 2.75) is 13.5 Å². The van der Waals surface area contributed by atoms with E-state index in [0.717, 1.165) is 27.5 Å². The third kappa shape index (κ3) is 3.25. The SMILES string of the molecule is Cc1c([N+](=O)[O-])ccc(=O)n1CC(=O)Nc1cccc2ccccc12. The molecular formula is C18H15N3O4. The Bertz CT molecular complexity index is 1030. The summed E-state index contributed by atoms with van der Waals surface area (Å²) >= 11 is 0. The van der Waals surface area contributed by atoms with Crippen molar-refractivity contribution < 1.29 is 9.72 Å². The number of fused-ring (bicyclic) bond motifs is 1. The Morgan fingerprint density at radius 3 is 2.60 bits per heavy atom. The maximum atomic E-state index is 12.4. The van der Waals surface area contributed by atoms with Gasteiger partial charge in [0.05, 0.1) is 10.6 Å². The van der Waals surface area contributed by atoms with E-state index < -0.39 is 16.4 Å². The van der Waals surface area contributed by atoms with Gasteiger partial charge in [-0.3, -0.25) is 24.3 Å². The number of carbonyl (C=O) groups is 1. The fourth-order valence-corrected chi connectivity index (χ4v) is 2.72. The van der Waals surface area contributed by atoms with Crippen molar-refractivity contribution in [2.75, 3.05) is 5.32 Å². The lowest BCUT2D eigenvalue weighted by atomic mass is 10.1. The van der Waals surface area contributed by atoms with Crippen LogP contribution >= 0.6 is 0 Å². The second kappa shape index (κ2) is 6.56. The van der Waals surface area contributed by atoms with Crippen molar-refractivity contribution >= 4 is 28.1 Å². The smallest absolute Gasteiger partial charge is 0.288 e. The number of hydrogen-bond acceptors (Lipinski definition) is 4. The molecule has 25 heavy (non-hydrogen) atoms. The van der Waals surface area contributed by atoms with Gasteiger partial charge in [-0.1, -0.05) is 36.4 Å². The van der Waals surface area contributed by atoms with Crippen LogP contribution in [0.2, 0.25) is 0 Å². The summed E-state index contributed by atoms with van der Waals surface area (Å²) in [4.78, 5) is 34.8. The lowest BCUT2D eigenvalue weighted by molar-refractivity contribution is -0.386. The number of rotatable bonds is 4. The van der Waals surface area contributed by atoms with Gasteiger partial charge < -0.3 is 5.32 Å². The summed E-state index contributed by atoms with van der Waals surface area (Å²) in [6, 6.07) is 15.3. The van der Waals surface area contributed by atoms with Gasteiger partial charge >= 0.3 is 0 Å². The minimum atomic E-state index is -0.576. The van der Waals surface area contributed by atoms with E-state index in [1.54, 1.807) is 6.07 Å². The van der Waals surface area contributed by atoms with Crippen LogP contribution in [0.5, 0.6) is 0 Å².